The average molecular weight is 300 g/mol. The third-order valence-electron chi connectivity index (χ3n) is 1.97. The Labute approximate surface area is 123 Å². The van der Waals surface area contributed by atoms with Crippen LogP contribution in [0, 0.1) is 0 Å². The summed E-state index contributed by atoms with van der Waals surface area (Å²) in [6, 6.07) is 0. The first-order valence-electron chi connectivity index (χ1n) is 6.28. The van der Waals surface area contributed by atoms with Crippen molar-refractivity contribution in [1.29, 1.82) is 0 Å². The summed E-state index contributed by atoms with van der Waals surface area (Å²) in [4.78, 5) is 32.6. The van der Waals surface area contributed by atoms with Crippen molar-refractivity contribution in [1.82, 2.24) is 10.6 Å². The van der Waals surface area contributed by atoms with E-state index in [0.29, 0.717) is 13.2 Å². The van der Waals surface area contributed by atoms with E-state index < -0.39 is 12.1 Å². The van der Waals surface area contributed by atoms with E-state index >= 15 is 0 Å². The summed E-state index contributed by atoms with van der Waals surface area (Å²) in [6.07, 6.45) is 1.57. The predicted molar refractivity (Wildman–Crippen MR) is 74.5 cm³/mol. The Hall–Kier alpha value is -2.35. The second kappa shape index (κ2) is 12.7. The number of carbonyl (C=O) groups is 3. The zero-order valence-electron chi connectivity index (χ0n) is 11.8. The fraction of sp³-hybridized carbons (Fsp3) is 0.462. The number of rotatable bonds is 11. The number of carbonyl (C=O) groups excluding carboxylic acids is 3. The molecule has 0 aromatic heterocycles. The summed E-state index contributed by atoms with van der Waals surface area (Å²) < 4.78 is 14.5. The predicted octanol–water partition coefficient (Wildman–Crippen LogP) is -0.239. The molecule has 0 aliphatic heterocycles. The summed E-state index contributed by atoms with van der Waals surface area (Å²) in [6.45, 7) is 7.67. The van der Waals surface area contributed by atoms with Gasteiger partial charge in [0.05, 0.1) is 19.8 Å². The monoisotopic (exact) mass is 300 g/mol. The van der Waals surface area contributed by atoms with Gasteiger partial charge in [-0.1, -0.05) is 13.2 Å². The van der Waals surface area contributed by atoms with Gasteiger partial charge in [0, 0.05) is 12.6 Å². The molecule has 0 spiro atoms. The average Bonchev–Trinajstić information content (AvgIpc) is 2.49. The molecule has 118 valence electrons. The molecule has 0 fully saturated rings. The number of nitrogens with one attached hydrogen (secondary N) is 2. The van der Waals surface area contributed by atoms with E-state index in [4.69, 9.17) is 9.47 Å². The highest BCUT2D eigenvalue weighted by Gasteiger charge is 2.02. The van der Waals surface area contributed by atoms with Crippen LogP contribution in [0.15, 0.2) is 25.3 Å². The van der Waals surface area contributed by atoms with E-state index in [2.05, 4.69) is 28.5 Å². The van der Waals surface area contributed by atoms with E-state index in [9.17, 15) is 14.4 Å². The molecule has 0 atom stereocenters. The summed E-state index contributed by atoms with van der Waals surface area (Å²) >= 11 is 0. The van der Waals surface area contributed by atoms with Crippen LogP contribution in [0.2, 0.25) is 0 Å². The molecule has 2 amide bonds. The minimum atomic E-state index is -0.631. The number of amides is 2. The molecule has 21 heavy (non-hydrogen) atoms. The van der Waals surface area contributed by atoms with Gasteiger partial charge in [-0.05, 0) is 6.08 Å². The van der Waals surface area contributed by atoms with E-state index in [0.717, 1.165) is 6.08 Å². The number of ether oxygens (including phenoxy) is 3. The van der Waals surface area contributed by atoms with Gasteiger partial charge in [0.2, 0.25) is 5.91 Å². The normalized spacial score (nSPS) is 9.33. The van der Waals surface area contributed by atoms with Crippen LogP contribution in [0.25, 0.3) is 0 Å². The van der Waals surface area contributed by atoms with Gasteiger partial charge < -0.3 is 24.8 Å². The Bertz CT molecular complexity index is 370. The molecule has 0 heterocycles. The van der Waals surface area contributed by atoms with Crippen LogP contribution in [0.1, 0.15) is 0 Å². The molecule has 2 N–H and O–H groups in total. The van der Waals surface area contributed by atoms with Gasteiger partial charge in [-0.3, -0.25) is 4.79 Å². The molecule has 0 radical (unpaired) electrons. The molecule has 0 saturated heterocycles. The first kappa shape index (κ1) is 18.7. The Balaban J connectivity index is 3.34. The molecule has 8 nitrogen and oxygen atoms in total. The third kappa shape index (κ3) is 12.4. The molecule has 0 aromatic rings. The van der Waals surface area contributed by atoms with Crippen molar-refractivity contribution in [2.45, 2.75) is 0 Å². The minimum Gasteiger partial charge on any atom is -0.461 e. The summed E-state index contributed by atoms with van der Waals surface area (Å²) in [7, 11) is 0. The zero-order chi connectivity index (χ0) is 15.9. The molecule has 0 aliphatic carbocycles. The van der Waals surface area contributed by atoms with Crippen LogP contribution in [-0.2, 0) is 23.8 Å². The van der Waals surface area contributed by atoms with Crippen LogP contribution < -0.4 is 10.6 Å². The van der Waals surface area contributed by atoms with Crippen LogP contribution in [0.4, 0.5) is 4.79 Å². The van der Waals surface area contributed by atoms with E-state index in [1.807, 2.05) is 0 Å². The lowest BCUT2D eigenvalue weighted by Gasteiger charge is -2.08. The Morgan fingerprint density at radius 3 is 2.24 bits per heavy atom. The number of alkyl carbamates (subject to hydrolysis) is 1. The summed E-state index contributed by atoms with van der Waals surface area (Å²) in [5.74, 6) is -0.825. The molecule has 0 aromatic carbocycles. The molecule has 0 saturated carbocycles. The van der Waals surface area contributed by atoms with E-state index in [-0.39, 0.29) is 32.3 Å². The van der Waals surface area contributed by atoms with Gasteiger partial charge in [0.25, 0.3) is 0 Å². The quantitative estimate of drug-likeness (QED) is 0.310. The maximum atomic E-state index is 11.2. The molecular formula is C13H20N2O6. The highest BCUT2D eigenvalue weighted by atomic mass is 16.6. The van der Waals surface area contributed by atoms with Crippen molar-refractivity contribution in [2.75, 3.05) is 39.5 Å². The van der Waals surface area contributed by atoms with Crippen LogP contribution in [-0.4, -0.2) is 57.5 Å². The van der Waals surface area contributed by atoms with Gasteiger partial charge >= 0.3 is 12.1 Å². The number of hydrogen-bond acceptors (Lipinski definition) is 6. The van der Waals surface area contributed by atoms with Gasteiger partial charge in [0.15, 0.2) is 0 Å². The van der Waals surface area contributed by atoms with Gasteiger partial charge in [0.1, 0.15) is 13.2 Å². The van der Waals surface area contributed by atoms with E-state index in [1.54, 1.807) is 0 Å². The maximum Gasteiger partial charge on any atom is 0.407 e. The lowest BCUT2D eigenvalue weighted by molar-refractivity contribution is -0.137. The zero-order valence-corrected chi connectivity index (χ0v) is 11.8. The number of esters is 1. The molecule has 0 unspecified atom stereocenters. The molecular weight excluding hydrogens is 280 g/mol. The first-order valence-corrected chi connectivity index (χ1v) is 6.28. The van der Waals surface area contributed by atoms with Crippen molar-refractivity contribution in [2.24, 2.45) is 0 Å². The van der Waals surface area contributed by atoms with Crippen molar-refractivity contribution >= 4 is 18.0 Å². The summed E-state index contributed by atoms with van der Waals surface area (Å²) in [5, 5.41) is 4.92. The highest BCUT2D eigenvalue weighted by Crippen LogP contribution is 1.82. The molecule has 8 heteroatoms. The highest BCUT2D eigenvalue weighted by molar-refractivity contribution is 5.86. The topological polar surface area (TPSA) is 103 Å². The van der Waals surface area contributed by atoms with Crippen LogP contribution in [0.3, 0.4) is 0 Å². The fourth-order valence-electron chi connectivity index (χ4n) is 1.03. The van der Waals surface area contributed by atoms with Crippen molar-refractivity contribution < 1.29 is 28.6 Å². The van der Waals surface area contributed by atoms with Gasteiger partial charge in [-0.25, -0.2) is 9.59 Å². The second-order valence-corrected chi connectivity index (χ2v) is 3.54. The van der Waals surface area contributed by atoms with Crippen molar-refractivity contribution in [3.63, 3.8) is 0 Å². The fourth-order valence-corrected chi connectivity index (χ4v) is 1.03. The standard InChI is InChI=1S/C13H20N2O6/c1-3-11(16)14-5-7-19-9-10-21-13(18)15-6-8-20-12(17)4-2/h3-4H,1-2,5-10H2,(H,14,16)(H,15,18). The van der Waals surface area contributed by atoms with E-state index in [1.165, 1.54) is 6.08 Å². The smallest absolute Gasteiger partial charge is 0.407 e. The first-order chi connectivity index (χ1) is 10.1. The van der Waals surface area contributed by atoms with Crippen molar-refractivity contribution in [3.05, 3.63) is 25.3 Å². The van der Waals surface area contributed by atoms with Crippen molar-refractivity contribution in [3.8, 4) is 0 Å². The van der Waals surface area contributed by atoms with Gasteiger partial charge in [-0.15, -0.1) is 0 Å². The molecule has 0 bridgehead atoms. The third-order valence-corrected chi connectivity index (χ3v) is 1.97. The van der Waals surface area contributed by atoms with Crippen LogP contribution >= 0.6 is 0 Å². The van der Waals surface area contributed by atoms with Crippen LogP contribution in [0.5, 0.6) is 0 Å². The Morgan fingerprint density at radius 1 is 0.857 bits per heavy atom. The second-order valence-electron chi connectivity index (χ2n) is 3.54. The largest absolute Gasteiger partial charge is 0.461 e. The minimum absolute atomic E-state index is 0.0411. The Morgan fingerprint density at radius 2 is 1.57 bits per heavy atom. The number of hydrogen-bond donors (Lipinski definition) is 2. The molecule has 0 rings (SSSR count). The lowest BCUT2D eigenvalue weighted by atomic mass is 10.5. The maximum absolute atomic E-state index is 11.2. The Kier molecular flexibility index (Phi) is 11.3. The SMILES string of the molecule is C=CC(=O)NCCOCCOC(=O)NCCOC(=O)C=C. The lowest BCUT2D eigenvalue weighted by Crippen LogP contribution is -2.30. The summed E-state index contributed by atoms with van der Waals surface area (Å²) in [5.41, 5.74) is 0. The van der Waals surface area contributed by atoms with Gasteiger partial charge in [-0.2, -0.15) is 0 Å². The molecule has 0 aliphatic rings.